The van der Waals surface area contributed by atoms with E-state index in [1.807, 2.05) is 10.6 Å². The van der Waals surface area contributed by atoms with Crippen molar-refractivity contribution in [1.29, 1.82) is 0 Å². The maximum atomic E-state index is 12.6. The second-order valence-corrected chi connectivity index (χ2v) is 8.23. The van der Waals surface area contributed by atoms with Crippen LogP contribution in [0.3, 0.4) is 0 Å². The fourth-order valence-corrected chi connectivity index (χ4v) is 4.01. The summed E-state index contributed by atoms with van der Waals surface area (Å²) in [5, 5.41) is 0. The standard InChI is InChI=1S/C19H14F3N3O3S/c20-19(21,22)17-8-7-15(12-23-17)28-14-5-3-13(4-6-14)16-2-1-9-25-10-11-29(26,27)24-18(16)25/h1-9,12H,10-11H2/p+1. The lowest BCUT2D eigenvalue weighted by molar-refractivity contribution is -0.679. The third-order valence-corrected chi connectivity index (χ3v) is 5.58. The van der Waals surface area contributed by atoms with Crippen LogP contribution in [-0.4, -0.2) is 19.2 Å². The molecule has 0 spiro atoms. The smallest absolute Gasteiger partial charge is 0.433 e. The molecule has 3 aromatic rings. The van der Waals surface area contributed by atoms with Crippen molar-refractivity contribution in [2.45, 2.75) is 12.7 Å². The van der Waals surface area contributed by atoms with Gasteiger partial charge in [0.25, 0.3) is 5.82 Å². The largest absolute Gasteiger partial charge is 0.456 e. The van der Waals surface area contributed by atoms with Gasteiger partial charge in [0.1, 0.15) is 29.5 Å². The molecule has 0 atom stereocenters. The second kappa shape index (κ2) is 7.03. The van der Waals surface area contributed by atoms with Crippen molar-refractivity contribution in [3.63, 3.8) is 0 Å². The number of fused-ring (bicyclic) bond motifs is 1. The highest BCUT2D eigenvalue weighted by Crippen LogP contribution is 2.31. The Kier molecular flexibility index (Phi) is 4.65. The molecule has 0 unspecified atom stereocenters. The van der Waals surface area contributed by atoms with E-state index >= 15 is 0 Å². The molecule has 0 saturated carbocycles. The number of ether oxygens (including phenoxy) is 1. The topological polar surface area (TPSA) is 72.2 Å². The number of alkyl halides is 3. The van der Waals surface area contributed by atoms with Gasteiger partial charge in [-0.2, -0.15) is 26.3 Å². The summed E-state index contributed by atoms with van der Waals surface area (Å²) >= 11 is 0. The first-order valence-electron chi connectivity index (χ1n) is 8.56. The summed E-state index contributed by atoms with van der Waals surface area (Å²) < 4.78 is 71.5. The van der Waals surface area contributed by atoms with Gasteiger partial charge in [0, 0.05) is 0 Å². The lowest BCUT2D eigenvalue weighted by atomic mass is 10.1. The Morgan fingerprint density at radius 1 is 1.03 bits per heavy atom. The molecule has 1 N–H and O–H groups in total. The molecule has 0 radical (unpaired) electrons. The van der Waals surface area contributed by atoms with Gasteiger partial charge < -0.3 is 4.74 Å². The summed E-state index contributed by atoms with van der Waals surface area (Å²) in [7, 11) is -3.37. The van der Waals surface area contributed by atoms with Gasteiger partial charge in [-0.25, -0.2) is 9.55 Å². The average Bonchev–Trinajstić information content (AvgIpc) is 2.67. The molecule has 3 heterocycles. The molecule has 1 aromatic carbocycles. The fourth-order valence-electron chi connectivity index (χ4n) is 2.95. The highest BCUT2D eigenvalue weighted by Gasteiger charge is 2.32. The van der Waals surface area contributed by atoms with E-state index in [1.165, 1.54) is 6.07 Å². The molecule has 150 valence electrons. The molecule has 4 rings (SSSR count). The average molecular weight is 422 g/mol. The zero-order chi connectivity index (χ0) is 20.6. The van der Waals surface area contributed by atoms with Crippen molar-refractivity contribution >= 4 is 15.8 Å². The number of rotatable bonds is 3. The van der Waals surface area contributed by atoms with Crippen LogP contribution in [0.15, 0.2) is 60.9 Å². The van der Waals surface area contributed by atoms with E-state index in [0.29, 0.717) is 23.7 Å². The van der Waals surface area contributed by atoms with Gasteiger partial charge >= 0.3 is 16.2 Å². The highest BCUT2D eigenvalue weighted by atomic mass is 32.2. The molecule has 1 aliphatic rings. The normalized spacial score (nSPS) is 15.3. The highest BCUT2D eigenvalue weighted by molar-refractivity contribution is 7.92. The van der Waals surface area contributed by atoms with Crippen LogP contribution in [0.4, 0.5) is 19.0 Å². The first kappa shape index (κ1) is 19.2. The molecule has 0 saturated heterocycles. The van der Waals surface area contributed by atoms with Crippen LogP contribution in [0.2, 0.25) is 0 Å². The molecule has 6 nitrogen and oxygen atoms in total. The van der Waals surface area contributed by atoms with E-state index in [-0.39, 0.29) is 11.5 Å². The number of nitrogens with zero attached hydrogens (tertiary/aromatic N) is 2. The number of anilines is 1. The number of benzene rings is 1. The van der Waals surface area contributed by atoms with E-state index < -0.39 is 21.9 Å². The quantitative estimate of drug-likeness (QED) is 0.655. The van der Waals surface area contributed by atoms with E-state index in [2.05, 4.69) is 9.71 Å². The predicted molar refractivity (Wildman–Crippen MR) is 98.8 cm³/mol. The third kappa shape index (κ3) is 4.16. The van der Waals surface area contributed by atoms with E-state index in [1.54, 1.807) is 36.5 Å². The predicted octanol–water partition coefficient (Wildman–Crippen LogP) is 3.60. The fraction of sp³-hybridized carbons (Fsp3) is 0.158. The van der Waals surface area contributed by atoms with Crippen LogP contribution in [0, 0.1) is 0 Å². The van der Waals surface area contributed by atoms with E-state index in [0.717, 1.165) is 17.8 Å². The van der Waals surface area contributed by atoms with Gasteiger partial charge in [-0.1, -0.05) is 12.1 Å². The Labute approximate surface area is 164 Å². The Balaban J connectivity index is 1.56. The van der Waals surface area contributed by atoms with Crippen molar-refractivity contribution in [2.24, 2.45) is 0 Å². The second-order valence-electron chi connectivity index (χ2n) is 6.39. The molecule has 0 fully saturated rings. The summed E-state index contributed by atoms with van der Waals surface area (Å²) in [6.45, 7) is 0.362. The van der Waals surface area contributed by atoms with Gasteiger partial charge in [0.2, 0.25) is 0 Å². The molecule has 29 heavy (non-hydrogen) atoms. The first-order valence-corrected chi connectivity index (χ1v) is 10.2. The van der Waals surface area contributed by atoms with Crippen molar-refractivity contribution in [1.82, 2.24) is 4.98 Å². The van der Waals surface area contributed by atoms with Crippen LogP contribution in [-0.2, 0) is 22.7 Å². The minimum absolute atomic E-state index is 0.0159. The van der Waals surface area contributed by atoms with Crippen molar-refractivity contribution < 1.29 is 30.9 Å². The van der Waals surface area contributed by atoms with Crippen molar-refractivity contribution in [2.75, 3.05) is 10.5 Å². The zero-order valence-electron chi connectivity index (χ0n) is 14.8. The summed E-state index contributed by atoms with van der Waals surface area (Å²) in [5.41, 5.74) is 0.476. The third-order valence-electron chi connectivity index (χ3n) is 4.35. The number of hydrogen-bond acceptors (Lipinski definition) is 4. The maximum absolute atomic E-state index is 12.6. The van der Waals surface area contributed by atoms with Gasteiger partial charge in [-0.05, 0) is 42.0 Å². The van der Waals surface area contributed by atoms with Crippen molar-refractivity contribution in [3.8, 4) is 22.6 Å². The molecule has 1 aliphatic heterocycles. The Morgan fingerprint density at radius 2 is 1.76 bits per heavy atom. The Morgan fingerprint density at radius 3 is 2.41 bits per heavy atom. The number of aromatic nitrogens is 2. The summed E-state index contributed by atoms with van der Waals surface area (Å²) in [5.74, 6) is 1.08. The van der Waals surface area contributed by atoms with Crippen LogP contribution in [0.1, 0.15) is 5.69 Å². The van der Waals surface area contributed by atoms with Crippen LogP contribution >= 0.6 is 0 Å². The van der Waals surface area contributed by atoms with Crippen molar-refractivity contribution in [3.05, 3.63) is 66.6 Å². The number of pyridine rings is 2. The molecule has 0 aliphatic carbocycles. The number of halogens is 3. The number of hydrogen-bond donors (Lipinski definition) is 1. The summed E-state index contributed by atoms with van der Waals surface area (Å²) in [6.07, 6.45) is -1.69. The molecule has 10 heteroatoms. The number of nitrogens with one attached hydrogen (secondary N) is 1. The van der Waals surface area contributed by atoms with Crippen LogP contribution < -0.4 is 14.0 Å². The lowest BCUT2D eigenvalue weighted by Crippen LogP contribution is -2.47. The minimum atomic E-state index is -4.51. The van der Waals surface area contributed by atoms with E-state index in [4.69, 9.17) is 4.74 Å². The first-order chi connectivity index (χ1) is 13.7. The van der Waals surface area contributed by atoms with Gasteiger partial charge in [-0.15, -0.1) is 0 Å². The maximum Gasteiger partial charge on any atom is 0.433 e. The van der Waals surface area contributed by atoms with Crippen LogP contribution in [0.25, 0.3) is 11.1 Å². The monoisotopic (exact) mass is 422 g/mol. The molecule has 0 bridgehead atoms. The lowest BCUT2D eigenvalue weighted by Gasteiger charge is -2.16. The molecular formula is C19H15F3N3O3S+. The summed E-state index contributed by atoms with van der Waals surface area (Å²) in [6, 6.07) is 12.5. The minimum Gasteiger partial charge on any atom is -0.456 e. The van der Waals surface area contributed by atoms with Gasteiger partial charge in [-0.3, -0.25) is 0 Å². The number of aryl methyl sites for hydroxylation is 1. The van der Waals surface area contributed by atoms with Gasteiger partial charge in [0.15, 0.2) is 0 Å². The molecular weight excluding hydrogens is 407 g/mol. The van der Waals surface area contributed by atoms with E-state index in [9.17, 15) is 21.6 Å². The Bertz CT molecular complexity index is 1150. The number of sulfonamides is 1. The molecule has 0 amide bonds. The van der Waals surface area contributed by atoms with Gasteiger partial charge in [0.05, 0.1) is 18.0 Å². The van der Waals surface area contributed by atoms with Crippen LogP contribution in [0.5, 0.6) is 11.5 Å². The SMILES string of the molecule is O=S1(=O)CC[n+]2cccc(-c3ccc(Oc4ccc(C(F)(F)F)nc4)cc3)c2N1. The molecule has 2 aromatic heterocycles. The Hall–Kier alpha value is -3.14. The zero-order valence-corrected chi connectivity index (χ0v) is 15.7. The summed E-state index contributed by atoms with van der Waals surface area (Å²) in [4.78, 5) is 3.36.